The molecule has 0 aliphatic rings. The molecule has 2 aromatic carbocycles. The second-order valence-corrected chi connectivity index (χ2v) is 19.2. The first-order valence-electron chi connectivity index (χ1n) is 19.5. The van der Waals surface area contributed by atoms with Crippen LogP contribution in [0.25, 0.3) is 42.0 Å². The zero-order valence-corrected chi connectivity index (χ0v) is 38.5. The predicted molar refractivity (Wildman–Crippen MR) is 238 cm³/mol. The Morgan fingerprint density at radius 2 is 1.03 bits per heavy atom. The molecule has 26 heteroatoms. The summed E-state index contributed by atoms with van der Waals surface area (Å²) in [7, 11) is 0. The van der Waals surface area contributed by atoms with Crippen molar-refractivity contribution >= 4 is 111 Å². The number of carboxylic acid groups (broad SMARTS) is 1. The molecule has 0 unspecified atom stereocenters. The van der Waals surface area contributed by atoms with Gasteiger partial charge >= 0.3 is 36.2 Å². The summed E-state index contributed by atoms with van der Waals surface area (Å²) in [5.41, 5.74) is -2.42. The summed E-state index contributed by atoms with van der Waals surface area (Å²) < 4.78 is 95.9. The second kappa shape index (κ2) is 19.5. The van der Waals surface area contributed by atoms with Crippen LogP contribution in [0, 0.1) is 0 Å². The van der Waals surface area contributed by atoms with Crippen molar-refractivity contribution in [1.82, 2.24) is 29.5 Å². The third kappa shape index (κ3) is 11.9. The Labute approximate surface area is 393 Å². The van der Waals surface area contributed by atoms with Gasteiger partial charge in [-0.05, 0) is 57.2 Å². The summed E-state index contributed by atoms with van der Waals surface area (Å²) in [5.74, 6) is -3.55. The van der Waals surface area contributed by atoms with Gasteiger partial charge in [0.15, 0.2) is 13.2 Å². The maximum Gasteiger partial charge on any atom is 0.416 e. The topological polar surface area (TPSA) is 212 Å². The lowest BCUT2D eigenvalue weighted by atomic mass is 10.2. The van der Waals surface area contributed by atoms with E-state index in [1.54, 1.807) is 42.3 Å². The minimum atomic E-state index is -4.50. The Bertz CT molecular complexity index is 3360. The van der Waals surface area contributed by atoms with Gasteiger partial charge < -0.3 is 19.3 Å². The van der Waals surface area contributed by atoms with Gasteiger partial charge in [-0.1, -0.05) is 0 Å². The molecule has 0 aliphatic heterocycles. The molecule has 6 aromatic heterocycles. The number of ether oxygens (including phenoxy) is 3. The first-order chi connectivity index (χ1) is 31.9. The molecule has 0 atom stereocenters. The van der Waals surface area contributed by atoms with Gasteiger partial charge in [-0.25, -0.2) is 28.9 Å². The quantitative estimate of drug-likeness (QED) is 0.0701. The fourth-order valence-electron chi connectivity index (χ4n) is 6.34. The Hall–Kier alpha value is -6.64. The molecule has 0 saturated carbocycles. The third-order valence-electron chi connectivity index (χ3n) is 9.20. The van der Waals surface area contributed by atoms with Crippen LogP contribution in [0.2, 0.25) is 0 Å². The van der Waals surface area contributed by atoms with Crippen molar-refractivity contribution in [3.63, 3.8) is 0 Å². The number of fused-ring (bicyclic) bond motifs is 4. The molecule has 6 heterocycles. The van der Waals surface area contributed by atoms with Gasteiger partial charge in [0.2, 0.25) is 0 Å². The molecule has 0 radical (unpaired) electrons. The molecule has 0 saturated heterocycles. The van der Waals surface area contributed by atoms with Crippen molar-refractivity contribution in [1.29, 1.82) is 0 Å². The predicted octanol–water partition coefficient (Wildman–Crippen LogP) is 7.87. The van der Waals surface area contributed by atoms with E-state index in [-0.39, 0.29) is 48.4 Å². The molecule has 0 fully saturated rings. The van der Waals surface area contributed by atoms with Crippen molar-refractivity contribution in [2.24, 2.45) is 0 Å². The molecular weight excluding hydrogens is 991 g/mol. The Balaban J connectivity index is 0.000000203. The summed E-state index contributed by atoms with van der Waals surface area (Å²) in [5, 5.41) is 26.0. The molecule has 0 aliphatic carbocycles. The van der Waals surface area contributed by atoms with E-state index in [9.17, 15) is 55.1 Å². The van der Waals surface area contributed by atoms with Crippen LogP contribution in [0.4, 0.5) is 26.3 Å². The van der Waals surface area contributed by atoms with Gasteiger partial charge in [0, 0.05) is 32.3 Å². The number of halogens is 6. The standard InChI is InChI=1S/C23H20F3N3O5S2.C19H12F3N3O5S2/c1-22(2,3)34-20(31)9-33-19(30)7-15-13-10-35-11-14(13)21(32)29(28-15)8-18-27-16-6-12(23(24,25)26)4-5-17(16)36-18;20-19(21,22)9-1-2-14-13(3-9)23-15(32-14)5-25-18(29)11-8-31-7-10(11)12(24-25)4-17(28)30-6-16(26)27/h4-6,10-11H,7-9H2,1-3H3;1-3,7-8H,4-6H2,(H,26,27). The molecule has 8 aromatic rings. The number of esters is 3. The van der Waals surface area contributed by atoms with Crippen molar-refractivity contribution in [2.75, 3.05) is 13.2 Å². The number of benzene rings is 2. The molecule has 68 heavy (non-hydrogen) atoms. The zero-order chi connectivity index (χ0) is 49.3. The SMILES string of the molecule is CC(C)(C)OC(=O)COC(=O)Cc1nn(Cc2nc3cc(C(F)(F)F)ccc3s2)c(=O)c2cscc12.O=C(O)COC(=O)Cc1nn(Cc2nc3cc(C(F)(F)F)ccc3s2)c(=O)c2cscc12. The minimum Gasteiger partial charge on any atom is -0.479 e. The molecule has 8 rings (SSSR count). The molecule has 0 spiro atoms. The Morgan fingerprint density at radius 3 is 1.43 bits per heavy atom. The average Bonchev–Trinajstić information content (AvgIpc) is 4.07. The summed E-state index contributed by atoms with van der Waals surface area (Å²) in [4.78, 5) is 80.9. The van der Waals surface area contributed by atoms with Crippen molar-refractivity contribution in [2.45, 2.75) is 64.7 Å². The van der Waals surface area contributed by atoms with Crippen molar-refractivity contribution in [3.8, 4) is 0 Å². The van der Waals surface area contributed by atoms with Crippen molar-refractivity contribution in [3.05, 3.63) is 111 Å². The monoisotopic (exact) mass is 1020 g/mol. The van der Waals surface area contributed by atoms with E-state index in [2.05, 4.69) is 24.9 Å². The number of hydrogen-bond donors (Lipinski definition) is 1. The number of rotatable bonds is 12. The van der Waals surface area contributed by atoms with E-state index in [1.165, 1.54) is 34.8 Å². The summed E-state index contributed by atoms with van der Waals surface area (Å²) in [6.45, 7) is 3.51. The van der Waals surface area contributed by atoms with E-state index in [0.717, 1.165) is 56.3 Å². The lowest BCUT2D eigenvalue weighted by molar-refractivity contribution is -0.166. The van der Waals surface area contributed by atoms with E-state index in [1.807, 2.05) is 0 Å². The largest absolute Gasteiger partial charge is 0.479 e. The number of aromatic nitrogens is 6. The van der Waals surface area contributed by atoms with E-state index >= 15 is 0 Å². The van der Waals surface area contributed by atoms with Gasteiger partial charge in [0.05, 0.1) is 79.7 Å². The Morgan fingerprint density at radius 1 is 0.618 bits per heavy atom. The molecular formula is C42H32F6N6O10S4. The average molecular weight is 1020 g/mol. The minimum absolute atomic E-state index is 0.0920. The number of carbonyl (C=O) groups is 4. The van der Waals surface area contributed by atoms with Crippen LogP contribution >= 0.6 is 45.3 Å². The molecule has 16 nitrogen and oxygen atoms in total. The third-order valence-corrected chi connectivity index (χ3v) is 12.7. The number of thiazole rings is 2. The van der Waals surface area contributed by atoms with Crippen LogP contribution < -0.4 is 11.1 Å². The number of aliphatic carboxylic acids is 1. The number of alkyl halides is 6. The summed E-state index contributed by atoms with van der Waals surface area (Å²) in [6.07, 6.45) is -9.64. The van der Waals surface area contributed by atoms with Gasteiger partial charge in [0.1, 0.15) is 15.6 Å². The molecule has 0 bridgehead atoms. The number of nitrogens with zero attached hydrogens (tertiary/aromatic N) is 6. The summed E-state index contributed by atoms with van der Waals surface area (Å²) in [6, 6.07) is 6.50. The lowest BCUT2D eigenvalue weighted by Gasteiger charge is -2.19. The van der Waals surface area contributed by atoms with Crippen LogP contribution in [0.15, 0.2) is 67.5 Å². The highest BCUT2D eigenvalue weighted by Crippen LogP contribution is 2.34. The number of hydrogen-bond acceptors (Lipinski definition) is 17. The lowest BCUT2D eigenvalue weighted by Crippen LogP contribution is -2.28. The first kappa shape index (κ1) is 49.3. The first-order valence-corrected chi connectivity index (χ1v) is 23.0. The maximum atomic E-state index is 13.0. The number of carboxylic acids is 1. The zero-order valence-electron chi connectivity index (χ0n) is 35.2. The van der Waals surface area contributed by atoms with E-state index in [4.69, 9.17) is 14.6 Å². The molecule has 356 valence electrons. The van der Waals surface area contributed by atoms with Gasteiger partial charge in [-0.15, -0.1) is 22.7 Å². The highest BCUT2D eigenvalue weighted by Gasteiger charge is 2.32. The van der Waals surface area contributed by atoms with Crippen LogP contribution in [0.5, 0.6) is 0 Å². The molecule has 0 amide bonds. The maximum absolute atomic E-state index is 13.0. The van der Waals surface area contributed by atoms with Gasteiger partial charge in [0.25, 0.3) is 11.1 Å². The highest BCUT2D eigenvalue weighted by molar-refractivity contribution is 7.18. The van der Waals surface area contributed by atoms with Crippen LogP contribution in [-0.4, -0.2) is 77.3 Å². The van der Waals surface area contributed by atoms with E-state index < -0.39 is 77.3 Å². The Kier molecular flexibility index (Phi) is 14.1. The number of carbonyl (C=O) groups excluding carboxylic acids is 3. The normalized spacial score (nSPS) is 12.1. The van der Waals surface area contributed by atoms with Gasteiger partial charge in [-0.3, -0.25) is 19.2 Å². The second-order valence-electron chi connectivity index (χ2n) is 15.4. The van der Waals surface area contributed by atoms with E-state index in [0.29, 0.717) is 41.0 Å². The smallest absolute Gasteiger partial charge is 0.416 e. The van der Waals surface area contributed by atoms with Crippen LogP contribution in [0.1, 0.15) is 53.3 Å². The number of thiophene rings is 2. The van der Waals surface area contributed by atoms with Crippen LogP contribution in [-0.2, 0) is 71.7 Å². The molecule has 1 N–H and O–H groups in total. The van der Waals surface area contributed by atoms with Crippen molar-refractivity contribution < 1.29 is 64.8 Å². The van der Waals surface area contributed by atoms with Gasteiger partial charge in [-0.2, -0.15) is 59.2 Å². The fourth-order valence-corrected chi connectivity index (χ4v) is 9.86. The fraction of sp³-hybridized carbons (Fsp3) is 0.286. The summed E-state index contributed by atoms with van der Waals surface area (Å²) >= 11 is 4.76. The van der Waals surface area contributed by atoms with Crippen LogP contribution in [0.3, 0.4) is 0 Å². The highest BCUT2D eigenvalue weighted by atomic mass is 32.1.